The molecule has 0 amide bonds. The summed E-state index contributed by atoms with van der Waals surface area (Å²) in [6.07, 6.45) is 1.70. The van der Waals surface area contributed by atoms with Crippen molar-refractivity contribution in [3.63, 3.8) is 0 Å². The molecule has 0 saturated heterocycles. The molecule has 0 aliphatic rings. The smallest absolute Gasteiger partial charge is 0.269 e. The van der Waals surface area contributed by atoms with Gasteiger partial charge in [0.05, 0.1) is 84.2 Å². The molecule has 0 spiro atoms. The molecule has 10 heteroatoms. The number of benzene rings is 1. The molecule has 1 rings (SSSR count). The maximum Gasteiger partial charge on any atom is 0.269 e. The summed E-state index contributed by atoms with van der Waals surface area (Å²) in [4.78, 5) is 10.1. The SMILES string of the molecule is C=CCOCCOCCOCCOCCOCCOCCOc1ccc([N+](=O)[O-])cc1. The Morgan fingerprint density at radius 1 is 0.677 bits per heavy atom. The topological polar surface area (TPSA) is 108 Å². The van der Waals surface area contributed by atoms with Crippen LogP contribution in [0.25, 0.3) is 0 Å². The van der Waals surface area contributed by atoms with Crippen molar-refractivity contribution in [2.24, 2.45) is 0 Å². The van der Waals surface area contributed by atoms with Crippen LogP contribution in [0.4, 0.5) is 5.69 Å². The number of nitro groups is 1. The predicted molar refractivity (Wildman–Crippen MR) is 114 cm³/mol. The van der Waals surface area contributed by atoms with Gasteiger partial charge in [-0.1, -0.05) is 6.08 Å². The van der Waals surface area contributed by atoms with Crippen molar-refractivity contribution in [3.8, 4) is 5.75 Å². The molecule has 1 aromatic carbocycles. The summed E-state index contributed by atoms with van der Waals surface area (Å²) >= 11 is 0. The van der Waals surface area contributed by atoms with Crippen molar-refractivity contribution in [3.05, 3.63) is 47.0 Å². The van der Waals surface area contributed by atoms with Gasteiger partial charge in [0.1, 0.15) is 12.4 Å². The molecule has 0 unspecified atom stereocenters. The minimum Gasteiger partial charge on any atom is -0.491 e. The van der Waals surface area contributed by atoms with Crippen LogP contribution in [0, 0.1) is 10.1 Å². The molecular formula is C21H33NO9. The lowest BCUT2D eigenvalue weighted by Gasteiger charge is -2.08. The van der Waals surface area contributed by atoms with Gasteiger partial charge in [0, 0.05) is 12.1 Å². The van der Waals surface area contributed by atoms with E-state index in [4.69, 9.17) is 33.2 Å². The molecule has 31 heavy (non-hydrogen) atoms. The maximum absolute atomic E-state index is 10.6. The predicted octanol–water partition coefficient (Wildman–Crippen LogP) is 2.26. The third-order valence-corrected chi connectivity index (χ3v) is 3.64. The molecule has 1 aromatic rings. The van der Waals surface area contributed by atoms with Crippen molar-refractivity contribution >= 4 is 5.69 Å². The van der Waals surface area contributed by atoms with Gasteiger partial charge in [-0.15, -0.1) is 6.58 Å². The van der Waals surface area contributed by atoms with Gasteiger partial charge in [0.25, 0.3) is 5.69 Å². The Hall–Kier alpha value is -2.08. The lowest BCUT2D eigenvalue weighted by Crippen LogP contribution is -2.14. The molecule has 0 saturated carbocycles. The van der Waals surface area contributed by atoms with Crippen LogP contribution < -0.4 is 4.74 Å². The first-order chi connectivity index (χ1) is 15.2. The largest absolute Gasteiger partial charge is 0.491 e. The Labute approximate surface area is 183 Å². The zero-order valence-corrected chi connectivity index (χ0v) is 17.9. The number of ether oxygens (including phenoxy) is 7. The van der Waals surface area contributed by atoms with Gasteiger partial charge in [0.2, 0.25) is 0 Å². The average Bonchev–Trinajstić information content (AvgIpc) is 2.78. The second-order valence-corrected chi connectivity index (χ2v) is 6.02. The van der Waals surface area contributed by atoms with Crippen LogP contribution >= 0.6 is 0 Å². The van der Waals surface area contributed by atoms with E-state index in [2.05, 4.69) is 6.58 Å². The summed E-state index contributed by atoms with van der Waals surface area (Å²) < 4.78 is 37.5. The van der Waals surface area contributed by atoms with Crippen molar-refractivity contribution < 1.29 is 38.1 Å². The molecule has 0 atom stereocenters. The first-order valence-corrected chi connectivity index (χ1v) is 10.2. The number of hydrogen-bond acceptors (Lipinski definition) is 9. The maximum atomic E-state index is 10.6. The van der Waals surface area contributed by atoms with Crippen LogP contribution in [0.3, 0.4) is 0 Å². The molecule has 0 aliphatic carbocycles. The van der Waals surface area contributed by atoms with Crippen LogP contribution in [0.5, 0.6) is 5.75 Å². The summed E-state index contributed by atoms with van der Waals surface area (Å²) in [7, 11) is 0. The van der Waals surface area contributed by atoms with Crippen LogP contribution in [0.1, 0.15) is 0 Å². The van der Waals surface area contributed by atoms with Gasteiger partial charge in [0.15, 0.2) is 0 Å². The minimum atomic E-state index is -0.451. The fraction of sp³-hybridized carbons (Fsp3) is 0.619. The van der Waals surface area contributed by atoms with E-state index in [1.54, 1.807) is 18.2 Å². The molecule has 0 heterocycles. The third kappa shape index (κ3) is 16.3. The van der Waals surface area contributed by atoms with Crippen LogP contribution in [-0.2, 0) is 28.4 Å². The monoisotopic (exact) mass is 443 g/mol. The number of nitrogens with zero attached hydrogens (tertiary/aromatic N) is 1. The Kier molecular flexibility index (Phi) is 17.3. The highest BCUT2D eigenvalue weighted by Gasteiger charge is 2.04. The van der Waals surface area contributed by atoms with E-state index in [9.17, 15) is 10.1 Å². The molecule has 0 radical (unpaired) electrons. The molecule has 0 aromatic heterocycles. The van der Waals surface area contributed by atoms with Crippen molar-refractivity contribution in [1.29, 1.82) is 0 Å². The van der Waals surface area contributed by atoms with Gasteiger partial charge < -0.3 is 33.2 Å². The average molecular weight is 443 g/mol. The summed E-state index contributed by atoms with van der Waals surface area (Å²) in [5, 5.41) is 10.6. The zero-order valence-electron chi connectivity index (χ0n) is 17.9. The Balaban J connectivity index is 1.75. The summed E-state index contributed by atoms with van der Waals surface area (Å²) in [6.45, 7) is 9.90. The van der Waals surface area contributed by atoms with E-state index < -0.39 is 4.92 Å². The highest BCUT2D eigenvalue weighted by molar-refractivity contribution is 5.35. The highest BCUT2D eigenvalue weighted by Crippen LogP contribution is 2.16. The van der Waals surface area contributed by atoms with E-state index in [-0.39, 0.29) is 5.69 Å². The minimum absolute atomic E-state index is 0.0313. The van der Waals surface area contributed by atoms with Gasteiger partial charge in [-0.05, 0) is 12.1 Å². The Bertz CT molecular complexity index is 568. The molecule has 0 N–H and O–H groups in total. The van der Waals surface area contributed by atoms with Gasteiger partial charge in [-0.25, -0.2) is 0 Å². The summed E-state index contributed by atoms with van der Waals surface area (Å²) in [6, 6.07) is 5.91. The van der Waals surface area contributed by atoms with E-state index in [0.717, 1.165) is 0 Å². The fourth-order valence-corrected chi connectivity index (χ4v) is 2.15. The number of nitro benzene ring substituents is 1. The standard InChI is InChI=1S/C21H33NO9/c1-2-7-25-8-9-26-10-11-27-12-13-28-14-15-29-16-17-30-18-19-31-21-5-3-20(4-6-21)22(23)24/h2-6H,1,7-19H2. The molecule has 10 nitrogen and oxygen atoms in total. The molecule has 0 fully saturated rings. The van der Waals surface area contributed by atoms with Gasteiger partial charge >= 0.3 is 0 Å². The molecule has 176 valence electrons. The van der Waals surface area contributed by atoms with Crippen LogP contribution in [0.2, 0.25) is 0 Å². The lowest BCUT2D eigenvalue weighted by atomic mass is 10.3. The van der Waals surface area contributed by atoms with E-state index >= 15 is 0 Å². The van der Waals surface area contributed by atoms with E-state index in [0.29, 0.717) is 91.6 Å². The number of rotatable bonds is 22. The first kappa shape index (κ1) is 27.0. The number of non-ortho nitro benzene ring substituents is 1. The normalized spacial score (nSPS) is 10.8. The summed E-state index contributed by atoms with van der Waals surface area (Å²) in [5.41, 5.74) is 0.0313. The third-order valence-electron chi connectivity index (χ3n) is 3.64. The summed E-state index contributed by atoms with van der Waals surface area (Å²) in [5.74, 6) is 0.563. The van der Waals surface area contributed by atoms with E-state index in [1.807, 2.05) is 0 Å². The van der Waals surface area contributed by atoms with Crippen LogP contribution in [0.15, 0.2) is 36.9 Å². The van der Waals surface area contributed by atoms with Crippen molar-refractivity contribution in [1.82, 2.24) is 0 Å². The highest BCUT2D eigenvalue weighted by atomic mass is 16.6. The van der Waals surface area contributed by atoms with Crippen molar-refractivity contribution in [2.45, 2.75) is 0 Å². The first-order valence-electron chi connectivity index (χ1n) is 10.2. The lowest BCUT2D eigenvalue weighted by molar-refractivity contribution is -0.384. The Morgan fingerprint density at radius 2 is 1.06 bits per heavy atom. The molecule has 0 bridgehead atoms. The van der Waals surface area contributed by atoms with E-state index in [1.165, 1.54) is 12.1 Å². The molecule has 0 aliphatic heterocycles. The second kappa shape index (κ2) is 19.9. The quantitative estimate of drug-likeness (QED) is 0.115. The number of hydrogen-bond donors (Lipinski definition) is 0. The van der Waals surface area contributed by atoms with Crippen molar-refractivity contribution in [2.75, 3.05) is 85.9 Å². The fourth-order valence-electron chi connectivity index (χ4n) is 2.15. The zero-order chi connectivity index (χ0) is 22.4. The Morgan fingerprint density at radius 3 is 1.45 bits per heavy atom. The van der Waals surface area contributed by atoms with Gasteiger partial charge in [-0.2, -0.15) is 0 Å². The second-order valence-electron chi connectivity index (χ2n) is 6.02. The van der Waals surface area contributed by atoms with Gasteiger partial charge in [-0.3, -0.25) is 10.1 Å². The van der Waals surface area contributed by atoms with Crippen LogP contribution in [-0.4, -0.2) is 90.8 Å². The molecular weight excluding hydrogens is 410 g/mol.